The fraction of sp³-hybridized carbons (Fsp3) is 0. The van der Waals surface area contributed by atoms with Gasteiger partial charge in [-0.2, -0.15) is 0 Å². The lowest BCUT2D eigenvalue weighted by Gasteiger charge is -1.91. The molecule has 0 aliphatic carbocycles. The summed E-state index contributed by atoms with van der Waals surface area (Å²) in [5.74, 6) is -0.0358. The van der Waals surface area contributed by atoms with E-state index >= 15 is 0 Å². The predicted molar refractivity (Wildman–Crippen MR) is 31.9 cm³/mol. The highest BCUT2D eigenvalue weighted by atomic mass is 16.5. The van der Waals surface area contributed by atoms with E-state index in [-0.39, 0.29) is 11.7 Å². The molecule has 0 spiro atoms. The van der Waals surface area contributed by atoms with Gasteiger partial charge in [-0.15, -0.1) is 0 Å². The Hall–Kier alpha value is -1.79. The lowest BCUT2D eigenvalue weighted by atomic mass is 10.7. The van der Waals surface area contributed by atoms with Gasteiger partial charge in [-0.1, -0.05) is 5.10 Å². The molecule has 7 heteroatoms. The number of nitrogens with zero attached hydrogens (tertiary/aromatic N) is 2. The molecular formula is C3H5N5O2. The molecule has 0 atom stereocenters. The molecule has 0 fully saturated rings. The van der Waals surface area contributed by atoms with Crippen molar-refractivity contribution in [2.75, 3.05) is 11.1 Å². The van der Waals surface area contributed by atoms with Crippen LogP contribution in [0.5, 0.6) is 0 Å². The van der Waals surface area contributed by atoms with Gasteiger partial charge in [0.2, 0.25) is 5.82 Å². The molecule has 1 aromatic rings. The van der Waals surface area contributed by atoms with Crippen LogP contribution in [0.3, 0.4) is 0 Å². The van der Waals surface area contributed by atoms with E-state index in [2.05, 4.69) is 20.2 Å². The van der Waals surface area contributed by atoms with Gasteiger partial charge < -0.3 is 16.0 Å². The molecule has 0 aliphatic heterocycles. The van der Waals surface area contributed by atoms with Gasteiger partial charge in [0.25, 0.3) is 5.88 Å². The molecular weight excluding hydrogens is 138 g/mol. The van der Waals surface area contributed by atoms with E-state index in [1.807, 2.05) is 0 Å². The number of aromatic nitrogens is 2. The van der Waals surface area contributed by atoms with E-state index in [9.17, 15) is 4.79 Å². The van der Waals surface area contributed by atoms with Crippen molar-refractivity contribution in [2.24, 2.45) is 5.73 Å². The summed E-state index contributed by atoms with van der Waals surface area (Å²) in [5.41, 5.74) is 9.88. The number of anilines is 2. The Balaban J connectivity index is 2.74. The van der Waals surface area contributed by atoms with Crippen molar-refractivity contribution in [3.63, 3.8) is 0 Å². The summed E-state index contributed by atoms with van der Waals surface area (Å²) >= 11 is 0. The Labute approximate surface area is 55.3 Å². The van der Waals surface area contributed by atoms with Gasteiger partial charge in [0.05, 0.1) is 0 Å². The molecule has 0 aromatic carbocycles. The zero-order valence-corrected chi connectivity index (χ0v) is 4.87. The molecule has 2 amide bonds. The first-order valence-electron chi connectivity index (χ1n) is 2.34. The smallest absolute Gasteiger partial charge is 0.319 e. The molecule has 0 radical (unpaired) electrons. The number of carbonyl (C=O) groups excluding carboxylic acids is 1. The number of carbonyl (C=O) groups is 1. The summed E-state index contributed by atoms with van der Waals surface area (Å²) in [6, 6.07) is -0.773. The van der Waals surface area contributed by atoms with Crippen LogP contribution < -0.4 is 16.8 Å². The van der Waals surface area contributed by atoms with Crippen molar-refractivity contribution < 1.29 is 9.32 Å². The van der Waals surface area contributed by atoms with Crippen molar-refractivity contribution in [3.05, 3.63) is 0 Å². The second kappa shape index (κ2) is 2.21. The number of nitrogen functional groups attached to an aromatic ring is 1. The van der Waals surface area contributed by atoms with Crippen LogP contribution in [0.1, 0.15) is 0 Å². The van der Waals surface area contributed by atoms with Gasteiger partial charge in [-0.25, -0.2) is 4.79 Å². The van der Waals surface area contributed by atoms with Gasteiger partial charge in [-0.3, -0.25) is 5.32 Å². The quantitative estimate of drug-likeness (QED) is 0.472. The minimum absolute atomic E-state index is 0.00111. The van der Waals surface area contributed by atoms with E-state index in [1.165, 1.54) is 0 Å². The molecule has 7 nitrogen and oxygen atoms in total. The van der Waals surface area contributed by atoms with Gasteiger partial charge in [-0.05, 0) is 0 Å². The second-order valence-electron chi connectivity index (χ2n) is 1.48. The Morgan fingerprint density at radius 3 is 2.80 bits per heavy atom. The van der Waals surface area contributed by atoms with Crippen molar-refractivity contribution >= 4 is 17.7 Å². The van der Waals surface area contributed by atoms with Crippen LogP contribution in [-0.2, 0) is 0 Å². The number of amides is 2. The first-order chi connectivity index (χ1) is 4.70. The topological polar surface area (TPSA) is 120 Å². The Kier molecular flexibility index (Phi) is 1.40. The molecule has 10 heavy (non-hydrogen) atoms. The summed E-state index contributed by atoms with van der Waals surface area (Å²) in [6.45, 7) is 0. The molecule has 0 aliphatic rings. The number of nitrogens with two attached hydrogens (primary N) is 2. The van der Waals surface area contributed by atoms with Crippen LogP contribution >= 0.6 is 0 Å². The maximum atomic E-state index is 10.2. The normalized spacial score (nSPS) is 9.20. The molecule has 1 rings (SSSR count). The summed E-state index contributed by atoms with van der Waals surface area (Å²) in [4.78, 5) is 10.2. The van der Waals surface area contributed by atoms with Crippen molar-refractivity contribution in [3.8, 4) is 0 Å². The van der Waals surface area contributed by atoms with Crippen molar-refractivity contribution in [1.29, 1.82) is 0 Å². The maximum Gasteiger partial charge on any atom is 0.319 e. The number of primary amides is 1. The molecule has 0 saturated heterocycles. The van der Waals surface area contributed by atoms with Gasteiger partial charge in [0.15, 0.2) is 0 Å². The summed E-state index contributed by atoms with van der Waals surface area (Å²) in [6.07, 6.45) is 0. The number of hydrogen-bond acceptors (Lipinski definition) is 5. The number of hydrogen-bond donors (Lipinski definition) is 3. The summed E-state index contributed by atoms with van der Waals surface area (Å²) < 4.78 is 4.38. The van der Waals surface area contributed by atoms with Crippen LogP contribution in [0.2, 0.25) is 0 Å². The second-order valence-corrected chi connectivity index (χ2v) is 1.48. The molecule has 0 bridgehead atoms. The van der Waals surface area contributed by atoms with Gasteiger partial charge in [0.1, 0.15) is 0 Å². The third kappa shape index (κ3) is 1.13. The molecule has 5 N–H and O–H groups in total. The highest BCUT2D eigenvalue weighted by molar-refractivity contribution is 5.88. The summed E-state index contributed by atoms with van der Waals surface area (Å²) in [5, 5.41) is 8.39. The average molecular weight is 143 g/mol. The van der Waals surface area contributed by atoms with Crippen LogP contribution in [0.25, 0.3) is 0 Å². The van der Waals surface area contributed by atoms with Crippen LogP contribution in [-0.4, -0.2) is 16.4 Å². The Morgan fingerprint density at radius 2 is 2.40 bits per heavy atom. The third-order valence-corrected chi connectivity index (χ3v) is 0.750. The standard InChI is InChI=1S/C3H5N5O2/c4-1-2(6-3(5)9)10-8-7-1/h4H2,(H3,5,6,9). The molecule has 54 valence electrons. The largest absolute Gasteiger partial charge is 0.378 e. The van der Waals surface area contributed by atoms with E-state index in [1.54, 1.807) is 0 Å². The molecule has 1 aromatic heterocycles. The lowest BCUT2D eigenvalue weighted by Crippen LogP contribution is -2.19. The van der Waals surface area contributed by atoms with Gasteiger partial charge >= 0.3 is 6.03 Å². The predicted octanol–water partition coefficient (Wildman–Crippen LogP) is -0.858. The fourth-order valence-electron chi connectivity index (χ4n) is 0.396. The van der Waals surface area contributed by atoms with E-state index in [4.69, 9.17) is 11.5 Å². The maximum absolute atomic E-state index is 10.2. The van der Waals surface area contributed by atoms with Crippen LogP contribution in [0.15, 0.2) is 4.52 Å². The number of nitrogens with one attached hydrogen (secondary N) is 1. The zero-order chi connectivity index (χ0) is 7.56. The molecule has 1 heterocycles. The fourth-order valence-corrected chi connectivity index (χ4v) is 0.396. The number of urea groups is 1. The van der Waals surface area contributed by atoms with E-state index in [0.717, 1.165) is 0 Å². The first-order valence-corrected chi connectivity index (χ1v) is 2.34. The van der Waals surface area contributed by atoms with E-state index in [0.29, 0.717) is 0 Å². The highest BCUT2D eigenvalue weighted by Gasteiger charge is 2.06. The van der Waals surface area contributed by atoms with Crippen molar-refractivity contribution in [1.82, 2.24) is 10.4 Å². The third-order valence-electron chi connectivity index (χ3n) is 0.750. The van der Waals surface area contributed by atoms with Crippen LogP contribution in [0.4, 0.5) is 16.5 Å². The lowest BCUT2D eigenvalue weighted by molar-refractivity contribution is 0.258. The SMILES string of the molecule is NC(=O)Nc1onnc1N. The summed E-state index contributed by atoms with van der Waals surface area (Å²) in [7, 11) is 0. The zero-order valence-electron chi connectivity index (χ0n) is 4.87. The minimum atomic E-state index is -0.773. The number of rotatable bonds is 1. The average Bonchev–Trinajstić information content (AvgIpc) is 2.15. The minimum Gasteiger partial charge on any atom is -0.378 e. The van der Waals surface area contributed by atoms with E-state index < -0.39 is 6.03 Å². The molecule has 0 unspecified atom stereocenters. The van der Waals surface area contributed by atoms with Gasteiger partial charge in [0, 0.05) is 5.27 Å². The molecule has 0 saturated carbocycles. The monoisotopic (exact) mass is 143 g/mol. The first kappa shape index (κ1) is 6.33. The Bertz CT molecular complexity index is 243. The van der Waals surface area contributed by atoms with Crippen LogP contribution in [0, 0.1) is 0 Å². The highest BCUT2D eigenvalue weighted by Crippen LogP contribution is 2.11. The van der Waals surface area contributed by atoms with Crippen molar-refractivity contribution in [2.45, 2.75) is 0 Å². The Morgan fingerprint density at radius 1 is 1.70 bits per heavy atom.